The number of ether oxygens (including phenoxy) is 2. The highest BCUT2D eigenvalue weighted by Crippen LogP contribution is 2.31. The van der Waals surface area contributed by atoms with Crippen LogP contribution in [0.25, 0.3) is 0 Å². The number of carbonyl (C=O) groups is 3. The maximum absolute atomic E-state index is 12.5. The number of aromatic nitrogens is 1. The average Bonchev–Trinajstić information content (AvgIpc) is 2.92. The summed E-state index contributed by atoms with van der Waals surface area (Å²) in [7, 11) is 1.46. The number of amides is 1. The van der Waals surface area contributed by atoms with E-state index in [4.69, 9.17) is 21.1 Å². The number of halogens is 1. The first-order valence-electron chi connectivity index (χ1n) is 8.62. The molecule has 2 N–H and O–H groups in total. The second-order valence-electron chi connectivity index (χ2n) is 6.52. The molecule has 7 nitrogen and oxygen atoms in total. The molecule has 8 heteroatoms. The number of Topliss-reactive ketones (excluding diaryl/α,β-unsaturated/α-hetero) is 1. The number of carbonyl (C=O) groups excluding carboxylic acids is 3. The molecule has 150 valence electrons. The molecule has 0 unspecified atom stereocenters. The van der Waals surface area contributed by atoms with E-state index >= 15 is 0 Å². The molecule has 0 aliphatic heterocycles. The van der Waals surface area contributed by atoms with Gasteiger partial charge in [-0.1, -0.05) is 11.6 Å². The van der Waals surface area contributed by atoms with E-state index in [9.17, 15) is 14.4 Å². The Hall–Kier alpha value is -2.80. The summed E-state index contributed by atoms with van der Waals surface area (Å²) < 4.78 is 10.5. The van der Waals surface area contributed by atoms with E-state index in [0.29, 0.717) is 33.3 Å². The fourth-order valence-electron chi connectivity index (χ4n) is 2.92. The topological polar surface area (TPSA) is 97.5 Å². The Bertz CT molecular complexity index is 949. The predicted molar refractivity (Wildman–Crippen MR) is 107 cm³/mol. The molecular formula is C20H23ClN2O5. The van der Waals surface area contributed by atoms with E-state index in [2.05, 4.69) is 10.3 Å². The van der Waals surface area contributed by atoms with Crippen LogP contribution in [0.2, 0.25) is 5.02 Å². The Kier molecular flexibility index (Phi) is 6.51. The van der Waals surface area contributed by atoms with Crippen LogP contribution in [0.1, 0.15) is 51.5 Å². The number of methoxy groups -OCH3 is 1. The number of hydrogen-bond acceptors (Lipinski definition) is 5. The molecule has 1 heterocycles. The van der Waals surface area contributed by atoms with Crippen LogP contribution in [0, 0.1) is 20.8 Å². The van der Waals surface area contributed by atoms with Crippen molar-refractivity contribution in [3.8, 4) is 5.75 Å². The van der Waals surface area contributed by atoms with Gasteiger partial charge in [0, 0.05) is 22.3 Å². The van der Waals surface area contributed by atoms with Crippen molar-refractivity contribution in [3.63, 3.8) is 0 Å². The zero-order valence-electron chi connectivity index (χ0n) is 16.7. The fraction of sp³-hybridized carbons (Fsp3) is 0.350. The van der Waals surface area contributed by atoms with Crippen LogP contribution >= 0.6 is 11.6 Å². The fourth-order valence-corrected chi connectivity index (χ4v) is 3.07. The van der Waals surface area contributed by atoms with E-state index in [1.165, 1.54) is 21.0 Å². The van der Waals surface area contributed by atoms with Crippen LogP contribution in [0.5, 0.6) is 5.75 Å². The number of nitrogens with one attached hydrogen (secondary N) is 2. The van der Waals surface area contributed by atoms with Gasteiger partial charge >= 0.3 is 5.97 Å². The van der Waals surface area contributed by atoms with E-state index in [-0.39, 0.29) is 11.5 Å². The van der Waals surface area contributed by atoms with Crippen molar-refractivity contribution in [1.29, 1.82) is 0 Å². The van der Waals surface area contributed by atoms with Crippen molar-refractivity contribution in [2.45, 2.75) is 40.7 Å². The van der Waals surface area contributed by atoms with Gasteiger partial charge < -0.3 is 19.8 Å². The molecule has 2 rings (SSSR count). The zero-order valence-corrected chi connectivity index (χ0v) is 17.4. The number of anilines is 1. The molecule has 0 spiro atoms. The van der Waals surface area contributed by atoms with E-state index in [0.717, 1.165) is 5.56 Å². The van der Waals surface area contributed by atoms with Gasteiger partial charge in [0.15, 0.2) is 11.9 Å². The quantitative estimate of drug-likeness (QED) is 0.558. The monoisotopic (exact) mass is 406 g/mol. The minimum absolute atomic E-state index is 0.152. The van der Waals surface area contributed by atoms with Crippen molar-refractivity contribution in [2.24, 2.45) is 0 Å². The number of H-pyrrole nitrogens is 1. The number of aryl methyl sites for hydroxylation is 2. The predicted octanol–water partition coefficient (Wildman–Crippen LogP) is 3.99. The first-order chi connectivity index (χ1) is 13.1. The molecular weight excluding hydrogens is 384 g/mol. The number of rotatable bonds is 6. The van der Waals surface area contributed by atoms with Gasteiger partial charge in [-0.25, -0.2) is 4.79 Å². The molecule has 1 aromatic carbocycles. The summed E-state index contributed by atoms with van der Waals surface area (Å²) in [5.41, 5.74) is 2.86. The Balaban J connectivity index is 2.15. The smallest absolute Gasteiger partial charge is 0.355 e. The first-order valence-corrected chi connectivity index (χ1v) is 9.00. The van der Waals surface area contributed by atoms with Gasteiger partial charge in [0.2, 0.25) is 0 Å². The number of esters is 1. The number of aromatic amines is 1. The van der Waals surface area contributed by atoms with E-state index < -0.39 is 18.0 Å². The average molecular weight is 407 g/mol. The summed E-state index contributed by atoms with van der Waals surface area (Å²) >= 11 is 6.06. The standard InChI is InChI=1S/C20H23ClN2O5/c1-9-7-15(16(27-6)8-14(9)21)23-19(25)13(5)28-20(26)18-10(2)17(12(4)24)11(3)22-18/h7-8,13,22H,1-6H3,(H,23,25)/t13-/m0/s1. The normalized spacial score (nSPS) is 11.7. The Morgan fingerprint density at radius 2 is 1.82 bits per heavy atom. The highest BCUT2D eigenvalue weighted by Gasteiger charge is 2.25. The third kappa shape index (κ3) is 4.36. The molecule has 28 heavy (non-hydrogen) atoms. The van der Waals surface area contributed by atoms with Crippen molar-refractivity contribution in [2.75, 3.05) is 12.4 Å². The van der Waals surface area contributed by atoms with Crippen LogP contribution in [-0.2, 0) is 9.53 Å². The minimum atomic E-state index is -1.07. The molecule has 0 bridgehead atoms. The van der Waals surface area contributed by atoms with Crippen LogP contribution in [0.15, 0.2) is 12.1 Å². The largest absolute Gasteiger partial charge is 0.495 e. The molecule has 0 saturated carbocycles. The van der Waals surface area contributed by atoms with Crippen LogP contribution in [-0.4, -0.2) is 35.9 Å². The van der Waals surface area contributed by atoms with Gasteiger partial charge in [0.05, 0.1) is 12.8 Å². The second-order valence-corrected chi connectivity index (χ2v) is 6.93. The highest BCUT2D eigenvalue weighted by molar-refractivity contribution is 6.31. The molecule has 0 fully saturated rings. The van der Waals surface area contributed by atoms with Crippen molar-refractivity contribution in [3.05, 3.63) is 45.2 Å². The molecule has 1 atom stereocenters. The summed E-state index contributed by atoms with van der Waals surface area (Å²) in [4.78, 5) is 39.5. The van der Waals surface area contributed by atoms with Gasteiger partial charge in [-0.3, -0.25) is 9.59 Å². The maximum atomic E-state index is 12.5. The lowest BCUT2D eigenvalue weighted by Crippen LogP contribution is -2.30. The number of hydrogen-bond donors (Lipinski definition) is 2. The van der Waals surface area contributed by atoms with Crippen molar-refractivity contribution < 1.29 is 23.9 Å². The molecule has 1 aromatic heterocycles. The maximum Gasteiger partial charge on any atom is 0.355 e. The van der Waals surface area contributed by atoms with Gasteiger partial charge in [0.25, 0.3) is 5.91 Å². The minimum Gasteiger partial charge on any atom is -0.495 e. The van der Waals surface area contributed by atoms with Crippen LogP contribution in [0.4, 0.5) is 5.69 Å². The lowest BCUT2D eigenvalue weighted by molar-refractivity contribution is -0.123. The van der Waals surface area contributed by atoms with Crippen molar-refractivity contribution >= 4 is 34.9 Å². The van der Waals surface area contributed by atoms with Crippen LogP contribution in [0.3, 0.4) is 0 Å². The third-order valence-electron chi connectivity index (χ3n) is 4.39. The number of ketones is 1. The molecule has 0 aliphatic rings. The lowest BCUT2D eigenvalue weighted by Gasteiger charge is -2.16. The highest BCUT2D eigenvalue weighted by atomic mass is 35.5. The zero-order chi connectivity index (χ0) is 21.2. The van der Waals surface area contributed by atoms with Gasteiger partial charge in [-0.05, 0) is 51.8 Å². The van der Waals surface area contributed by atoms with Gasteiger partial charge in [-0.2, -0.15) is 0 Å². The Morgan fingerprint density at radius 3 is 2.36 bits per heavy atom. The second kappa shape index (κ2) is 8.48. The SMILES string of the molecule is COc1cc(Cl)c(C)cc1NC(=O)[C@H](C)OC(=O)c1[nH]c(C)c(C(C)=O)c1C. The summed E-state index contributed by atoms with van der Waals surface area (Å²) in [6.45, 7) is 8.04. The van der Waals surface area contributed by atoms with Crippen molar-refractivity contribution in [1.82, 2.24) is 4.98 Å². The summed E-state index contributed by atoms with van der Waals surface area (Å²) in [6, 6.07) is 3.27. The molecule has 2 aromatic rings. The summed E-state index contributed by atoms with van der Waals surface area (Å²) in [6.07, 6.45) is -1.07. The molecule has 1 amide bonds. The van der Waals surface area contributed by atoms with Gasteiger partial charge in [-0.15, -0.1) is 0 Å². The Morgan fingerprint density at radius 1 is 1.18 bits per heavy atom. The first kappa shape index (κ1) is 21.5. The third-order valence-corrected chi connectivity index (χ3v) is 4.79. The molecule has 0 aliphatic carbocycles. The number of benzene rings is 1. The lowest BCUT2D eigenvalue weighted by atomic mass is 10.1. The molecule has 0 saturated heterocycles. The molecule has 0 radical (unpaired) electrons. The van der Waals surface area contributed by atoms with E-state index in [1.54, 1.807) is 32.9 Å². The van der Waals surface area contributed by atoms with E-state index in [1.807, 2.05) is 0 Å². The van der Waals surface area contributed by atoms with Crippen LogP contribution < -0.4 is 10.1 Å². The summed E-state index contributed by atoms with van der Waals surface area (Å²) in [5.74, 6) is -0.998. The summed E-state index contributed by atoms with van der Waals surface area (Å²) in [5, 5.41) is 3.18. The Labute approximate surface area is 168 Å². The van der Waals surface area contributed by atoms with Gasteiger partial charge in [0.1, 0.15) is 11.4 Å².